The summed E-state index contributed by atoms with van der Waals surface area (Å²) in [5, 5.41) is 10.5. The molecule has 4 heterocycles. The number of nitrogens with zero attached hydrogens (tertiary/aromatic N) is 4. The van der Waals surface area contributed by atoms with Gasteiger partial charge in [-0.25, -0.2) is 4.79 Å². The predicted molar refractivity (Wildman–Crippen MR) is 172 cm³/mol. The molecule has 0 aliphatic carbocycles. The van der Waals surface area contributed by atoms with E-state index in [1.54, 1.807) is 0 Å². The van der Waals surface area contributed by atoms with Crippen molar-refractivity contribution in [3.8, 4) is 11.1 Å². The van der Waals surface area contributed by atoms with Gasteiger partial charge in [-0.15, -0.1) is 0 Å². The Labute approximate surface area is 257 Å². The average Bonchev–Trinajstić information content (AvgIpc) is 2.92. The van der Waals surface area contributed by atoms with Crippen LogP contribution in [0.1, 0.15) is 92.9 Å². The van der Waals surface area contributed by atoms with Crippen molar-refractivity contribution >= 4 is 11.7 Å². The van der Waals surface area contributed by atoms with Gasteiger partial charge in [-0.3, -0.25) is 14.9 Å². The largest absolute Gasteiger partial charge is 0.479 e. The van der Waals surface area contributed by atoms with E-state index in [9.17, 15) is 9.90 Å². The zero-order chi connectivity index (χ0) is 31.1. The predicted octanol–water partition coefficient (Wildman–Crippen LogP) is 7.19. The lowest BCUT2D eigenvalue weighted by Gasteiger charge is -2.41. The lowest BCUT2D eigenvalue weighted by molar-refractivity contribution is -0.160. The summed E-state index contributed by atoms with van der Waals surface area (Å²) >= 11 is 0. The normalized spacial score (nSPS) is 17.9. The second-order valence-electron chi connectivity index (χ2n) is 14.3. The second kappa shape index (κ2) is 12.0. The van der Waals surface area contributed by atoms with Gasteiger partial charge in [0.25, 0.3) is 0 Å². The summed E-state index contributed by atoms with van der Waals surface area (Å²) in [7, 11) is 0. The Morgan fingerprint density at radius 2 is 1.74 bits per heavy atom. The zero-order valence-corrected chi connectivity index (χ0v) is 27.3. The standard InChI is InChI=1S/C36H48N4O3/c1-23-9-10-26(20-37-23)21-39-16-13-27-19-28(11-12-29(27)22-39)30-24(2)38-25(3)31(33(34(41)42)43-35(4,5)6)32(30)40-17-14-36(7,8)15-18-40/h9-12,19-20,33H,13-18,21-22H2,1-8H3,(H,41,42)/t33-/m0/s1. The molecule has 5 rings (SSSR count). The maximum Gasteiger partial charge on any atom is 0.337 e. The molecule has 2 aliphatic heterocycles. The molecule has 1 atom stereocenters. The van der Waals surface area contributed by atoms with Gasteiger partial charge in [-0.05, 0) is 94.5 Å². The Hall–Kier alpha value is -3.29. The molecule has 3 aromatic rings. The van der Waals surface area contributed by atoms with Gasteiger partial charge in [-0.2, -0.15) is 0 Å². The highest BCUT2D eigenvalue weighted by Gasteiger charge is 2.36. The highest BCUT2D eigenvalue weighted by Crippen LogP contribution is 2.45. The first-order valence-electron chi connectivity index (χ1n) is 15.6. The monoisotopic (exact) mass is 584 g/mol. The van der Waals surface area contributed by atoms with E-state index in [2.05, 4.69) is 65.9 Å². The number of carbonyl (C=O) groups is 1. The van der Waals surface area contributed by atoms with Crippen LogP contribution in [0.5, 0.6) is 0 Å². The number of fused-ring (bicyclic) bond motifs is 1. The van der Waals surface area contributed by atoms with E-state index < -0.39 is 17.7 Å². The number of rotatable bonds is 7. The van der Waals surface area contributed by atoms with Crippen molar-refractivity contribution in [2.75, 3.05) is 24.5 Å². The number of carboxylic acid groups (broad SMARTS) is 1. The molecule has 1 saturated heterocycles. The first-order valence-corrected chi connectivity index (χ1v) is 15.6. The second-order valence-corrected chi connectivity index (χ2v) is 14.3. The molecule has 0 saturated carbocycles. The zero-order valence-electron chi connectivity index (χ0n) is 27.3. The van der Waals surface area contributed by atoms with E-state index in [-0.39, 0.29) is 5.41 Å². The van der Waals surface area contributed by atoms with Crippen molar-refractivity contribution in [3.63, 3.8) is 0 Å². The molecule has 0 amide bonds. The number of aryl methyl sites for hydroxylation is 3. The fourth-order valence-electron chi connectivity index (χ4n) is 6.51. The van der Waals surface area contributed by atoms with E-state index in [0.29, 0.717) is 5.56 Å². The maximum absolute atomic E-state index is 12.8. The highest BCUT2D eigenvalue weighted by molar-refractivity contribution is 5.88. The van der Waals surface area contributed by atoms with Crippen molar-refractivity contribution in [2.45, 2.75) is 99.4 Å². The molecule has 1 N–H and O–H groups in total. The molecule has 1 fully saturated rings. The molecule has 0 bridgehead atoms. The van der Waals surface area contributed by atoms with E-state index in [1.165, 1.54) is 16.7 Å². The van der Waals surface area contributed by atoms with Crippen molar-refractivity contribution in [1.82, 2.24) is 14.9 Å². The highest BCUT2D eigenvalue weighted by atomic mass is 16.5. The summed E-state index contributed by atoms with van der Waals surface area (Å²) < 4.78 is 6.25. The number of aliphatic carboxylic acids is 1. The maximum atomic E-state index is 12.8. The number of anilines is 1. The van der Waals surface area contributed by atoms with Gasteiger partial charge in [0.15, 0.2) is 6.10 Å². The average molecular weight is 585 g/mol. The fraction of sp³-hybridized carbons (Fsp3) is 0.528. The Morgan fingerprint density at radius 1 is 1.02 bits per heavy atom. The summed E-state index contributed by atoms with van der Waals surface area (Å²) in [5.74, 6) is -0.984. The molecule has 2 aromatic heterocycles. The Bertz CT molecular complexity index is 1480. The van der Waals surface area contributed by atoms with Crippen LogP contribution in [0.3, 0.4) is 0 Å². The van der Waals surface area contributed by atoms with Crippen molar-refractivity contribution < 1.29 is 14.6 Å². The molecular formula is C36H48N4O3. The van der Waals surface area contributed by atoms with Crippen molar-refractivity contribution in [1.29, 1.82) is 0 Å². The topological polar surface area (TPSA) is 78.8 Å². The van der Waals surface area contributed by atoms with Gasteiger partial charge in [0, 0.05) is 67.1 Å². The molecule has 1 aromatic carbocycles. The van der Waals surface area contributed by atoms with Crippen molar-refractivity contribution in [3.05, 3.63) is 75.9 Å². The Balaban J connectivity index is 1.56. The molecule has 7 heteroatoms. The van der Waals surface area contributed by atoms with Gasteiger partial charge >= 0.3 is 5.97 Å². The number of hydrogen-bond donors (Lipinski definition) is 1. The molecule has 0 radical (unpaired) electrons. The van der Waals surface area contributed by atoms with Gasteiger partial charge in [-0.1, -0.05) is 38.1 Å². The number of hydrogen-bond acceptors (Lipinski definition) is 6. The summed E-state index contributed by atoms with van der Waals surface area (Å²) in [5.41, 5.74) is 10.0. The lowest BCUT2D eigenvalue weighted by atomic mass is 9.81. The van der Waals surface area contributed by atoms with Gasteiger partial charge in [0.1, 0.15) is 0 Å². The van der Waals surface area contributed by atoms with Crippen LogP contribution in [-0.2, 0) is 29.0 Å². The Kier molecular flexibility index (Phi) is 8.70. The van der Waals surface area contributed by atoms with Crippen LogP contribution in [0.15, 0.2) is 36.5 Å². The number of aromatic nitrogens is 2. The Morgan fingerprint density at radius 3 is 2.37 bits per heavy atom. The number of carboxylic acids is 1. The number of benzene rings is 1. The first-order chi connectivity index (χ1) is 20.2. The first kappa shape index (κ1) is 31.1. The van der Waals surface area contributed by atoms with E-state index >= 15 is 0 Å². The summed E-state index contributed by atoms with van der Waals surface area (Å²) in [6, 6.07) is 11.0. The third-order valence-electron chi connectivity index (χ3n) is 8.94. The molecule has 2 aliphatic rings. The van der Waals surface area contributed by atoms with Crippen molar-refractivity contribution in [2.24, 2.45) is 5.41 Å². The molecule has 230 valence electrons. The minimum atomic E-state index is -1.11. The molecule has 7 nitrogen and oxygen atoms in total. The number of ether oxygens (including phenoxy) is 1. The van der Waals surface area contributed by atoms with Gasteiger partial charge < -0.3 is 14.7 Å². The minimum Gasteiger partial charge on any atom is -0.479 e. The van der Waals surface area contributed by atoms with Crippen LogP contribution in [0.2, 0.25) is 0 Å². The number of piperidine rings is 1. The molecule has 43 heavy (non-hydrogen) atoms. The quantitative estimate of drug-likeness (QED) is 0.315. The molecular weight excluding hydrogens is 536 g/mol. The van der Waals surface area contributed by atoms with E-state index in [0.717, 1.165) is 85.9 Å². The van der Waals surface area contributed by atoms with Crippen LogP contribution < -0.4 is 4.90 Å². The fourth-order valence-corrected chi connectivity index (χ4v) is 6.51. The van der Waals surface area contributed by atoms with Crippen LogP contribution in [0, 0.1) is 26.2 Å². The molecule has 0 unspecified atom stereocenters. The number of pyridine rings is 2. The lowest BCUT2D eigenvalue weighted by Crippen LogP contribution is -2.39. The van der Waals surface area contributed by atoms with Gasteiger partial charge in [0.2, 0.25) is 0 Å². The minimum absolute atomic E-state index is 0.258. The van der Waals surface area contributed by atoms with Crippen LogP contribution in [0.4, 0.5) is 5.69 Å². The van der Waals surface area contributed by atoms with Crippen LogP contribution in [0.25, 0.3) is 11.1 Å². The third-order valence-corrected chi connectivity index (χ3v) is 8.94. The van der Waals surface area contributed by atoms with Crippen LogP contribution >= 0.6 is 0 Å². The molecule has 0 spiro atoms. The van der Waals surface area contributed by atoms with E-state index in [1.807, 2.05) is 40.8 Å². The summed E-state index contributed by atoms with van der Waals surface area (Å²) in [4.78, 5) is 27.1. The SMILES string of the molecule is Cc1ccc(CN2CCc3cc(-c4c(C)nc(C)c([C@H](OC(C)(C)C)C(=O)O)c4N4CCC(C)(C)CC4)ccc3C2)cn1. The van der Waals surface area contributed by atoms with Gasteiger partial charge in [0.05, 0.1) is 11.3 Å². The third kappa shape index (κ3) is 7.10. The summed E-state index contributed by atoms with van der Waals surface area (Å²) in [6.45, 7) is 20.9. The smallest absolute Gasteiger partial charge is 0.337 e. The van der Waals surface area contributed by atoms with E-state index in [4.69, 9.17) is 9.72 Å². The van der Waals surface area contributed by atoms with Crippen LogP contribution in [-0.4, -0.2) is 51.2 Å². The summed E-state index contributed by atoms with van der Waals surface area (Å²) in [6.07, 6.45) is 3.92.